The van der Waals surface area contributed by atoms with Gasteiger partial charge < -0.3 is 9.42 Å². The lowest BCUT2D eigenvalue weighted by molar-refractivity contribution is 0.299. The van der Waals surface area contributed by atoms with Crippen LogP contribution in [0.4, 0.5) is 0 Å². The molecule has 1 atom stereocenters. The Morgan fingerprint density at radius 1 is 1.23 bits per heavy atom. The van der Waals surface area contributed by atoms with Crippen molar-refractivity contribution in [1.29, 1.82) is 0 Å². The topological polar surface area (TPSA) is 75.4 Å². The summed E-state index contributed by atoms with van der Waals surface area (Å²) in [4.78, 5) is 1.99. The van der Waals surface area contributed by atoms with Crippen LogP contribution < -0.4 is 4.72 Å². The average Bonchev–Trinajstić information content (AvgIpc) is 2.92. The molecule has 0 aliphatic carbocycles. The van der Waals surface area contributed by atoms with Crippen LogP contribution >= 0.6 is 0 Å². The molecule has 0 fully saturated rings. The molecule has 1 unspecified atom stereocenters. The number of aromatic nitrogens is 1. The number of hydrogen-bond acceptors (Lipinski definition) is 5. The zero-order valence-corrected chi connectivity index (χ0v) is 13.8. The summed E-state index contributed by atoms with van der Waals surface area (Å²) < 4.78 is 31.5. The highest BCUT2D eigenvalue weighted by atomic mass is 32.2. The maximum absolute atomic E-state index is 12.1. The van der Waals surface area contributed by atoms with E-state index in [1.807, 2.05) is 50.2 Å². The van der Waals surface area contributed by atoms with Gasteiger partial charge in [-0.3, -0.25) is 0 Å². The number of nitrogens with zero attached hydrogens (tertiary/aromatic N) is 2. The Balaban J connectivity index is 2.04. The number of likely N-dealkylation sites (N-methyl/N-ethyl adjacent to an activating group) is 1. The second kappa shape index (κ2) is 7.04. The number of sulfonamides is 1. The summed E-state index contributed by atoms with van der Waals surface area (Å²) in [5.74, 6) is -0.183. The summed E-state index contributed by atoms with van der Waals surface area (Å²) in [6.07, 6.45) is 1.36. The molecule has 1 aromatic heterocycles. The van der Waals surface area contributed by atoms with Gasteiger partial charge in [0.05, 0.1) is 5.69 Å². The van der Waals surface area contributed by atoms with Crippen molar-refractivity contribution in [3.8, 4) is 0 Å². The van der Waals surface area contributed by atoms with Crippen molar-refractivity contribution in [2.24, 2.45) is 0 Å². The molecule has 0 amide bonds. The van der Waals surface area contributed by atoms with E-state index < -0.39 is 10.0 Å². The Hall–Kier alpha value is -1.70. The van der Waals surface area contributed by atoms with Crippen LogP contribution in [0.2, 0.25) is 0 Å². The predicted molar refractivity (Wildman–Crippen MR) is 84.7 cm³/mol. The van der Waals surface area contributed by atoms with Gasteiger partial charge in [0.15, 0.2) is 0 Å². The van der Waals surface area contributed by atoms with Crippen molar-refractivity contribution >= 4 is 10.0 Å². The lowest BCUT2D eigenvalue weighted by Crippen LogP contribution is -2.35. The Bertz CT molecular complexity index is 679. The molecule has 6 nitrogen and oxygen atoms in total. The molecule has 22 heavy (non-hydrogen) atoms. The van der Waals surface area contributed by atoms with Gasteiger partial charge in [-0.25, -0.2) is 13.1 Å². The molecule has 0 aliphatic heterocycles. The van der Waals surface area contributed by atoms with Crippen LogP contribution in [0.15, 0.2) is 41.1 Å². The fraction of sp³-hybridized carbons (Fsp3) is 0.400. The van der Waals surface area contributed by atoms with Gasteiger partial charge in [0, 0.05) is 18.7 Å². The van der Waals surface area contributed by atoms with Crippen LogP contribution in [0, 0.1) is 6.92 Å². The lowest BCUT2D eigenvalue weighted by Gasteiger charge is -2.25. The van der Waals surface area contributed by atoms with Crippen molar-refractivity contribution in [1.82, 2.24) is 14.8 Å². The van der Waals surface area contributed by atoms with E-state index >= 15 is 0 Å². The highest BCUT2D eigenvalue weighted by Gasteiger charge is 2.19. The summed E-state index contributed by atoms with van der Waals surface area (Å²) >= 11 is 0. The minimum atomic E-state index is -3.45. The summed E-state index contributed by atoms with van der Waals surface area (Å²) in [5, 5.41) is 3.63. The van der Waals surface area contributed by atoms with Gasteiger partial charge in [-0.1, -0.05) is 35.0 Å². The van der Waals surface area contributed by atoms with Gasteiger partial charge in [-0.2, -0.15) is 0 Å². The van der Waals surface area contributed by atoms with Crippen LogP contribution in [0.5, 0.6) is 0 Å². The van der Waals surface area contributed by atoms with E-state index in [9.17, 15) is 8.42 Å². The molecular formula is C15H21N3O3S. The molecule has 2 rings (SSSR count). The second-order valence-corrected chi connectivity index (χ2v) is 7.30. The molecule has 120 valence electrons. The SMILES string of the molecule is Cc1ccc(C(CNS(=O)(=O)Cc2ccon2)N(C)C)cc1. The van der Waals surface area contributed by atoms with Crippen LogP contribution in [-0.4, -0.2) is 39.1 Å². The highest BCUT2D eigenvalue weighted by Crippen LogP contribution is 2.18. The number of rotatable bonds is 7. The fourth-order valence-electron chi connectivity index (χ4n) is 2.15. The molecule has 7 heteroatoms. The first-order valence-corrected chi connectivity index (χ1v) is 8.62. The summed E-state index contributed by atoms with van der Waals surface area (Å²) in [5.41, 5.74) is 2.64. The largest absolute Gasteiger partial charge is 0.364 e. The molecule has 0 saturated carbocycles. The summed E-state index contributed by atoms with van der Waals surface area (Å²) in [7, 11) is 0.406. The Labute approximate surface area is 131 Å². The first-order chi connectivity index (χ1) is 10.4. The minimum absolute atomic E-state index is 0.0346. The van der Waals surface area contributed by atoms with E-state index in [1.54, 1.807) is 6.07 Å². The lowest BCUT2D eigenvalue weighted by atomic mass is 10.0. The number of benzene rings is 1. The van der Waals surface area contributed by atoms with Crippen molar-refractivity contribution in [2.45, 2.75) is 18.7 Å². The Morgan fingerprint density at radius 2 is 1.91 bits per heavy atom. The van der Waals surface area contributed by atoms with E-state index in [0.29, 0.717) is 12.2 Å². The normalized spacial score (nSPS) is 13.5. The molecular weight excluding hydrogens is 302 g/mol. The smallest absolute Gasteiger partial charge is 0.217 e. The average molecular weight is 323 g/mol. The molecule has 1 N–H and O–H groups in total. The number of aryl methyl sites for hydroxylation is 1. The second-order valence-electron chi connectivity index (χ2n) is 5.49. The van der Waals surface area contributed by atoms with E-state index in [-0.39, 0.29) is 11.8 Å². The van der Waals surface area contributed by atoms with Gasteiger partial charge in [0.2, 0.25) is 10.0 Å². The zero-order chi connectivity index (χ0) is 16.2. The quantitative estimate of drug-likeness (QED) is 0.839. The van der Waals surface area contributed by atoms with Gasteiger partial charge in [-0.05, 0) is 26.6 Å². The van der Waals surface area contributed by atoms with E-state index in [4.69, 9.17) is 0 Å². The third-order valence-corrected chi connectivity index (χ3v) is 4.69. The zero-order valence-electron chi connectivity index (χ0n) is 13.0. The predicted octanol–water partition coefficient (Wildman–Crippen LogP) is 1.71. The third-order valence-electron chi connectivity index (χ3n) is 3.41. The van der Waals surface area contributed by atoms with Crippen LogP contribution in [0.3, 0.4) is 0 Å². The van der Waals surface area contributed by atoms with Crippen molar-refractivity contribution in [3.05, 3.63) is 53.4 Å². The molecule has 0 saturated heterocycles. The summed E-state index contributed by atoms with van der Waals surface area (Å²) in [6.45, 7) is 2.32. The monoisotopic (exact) mass is 323 g/mol. The third kappa shape index (κ3) is 4.66. The van der Waals surface area contributed by atoms with Gasteiger partial charge >= 0.3 is 0 Å². The highest BCUT2D eigenvalue weighted by molar-refractivity contribution is 7.88. The van der Waals surface area contributed by atoms with Crippen molar-refractivity contribution in [3.63, 3.8) is 0 Å². The number of nitrogens with one attached hydrogen (secondary N) is 1. The fourth-order valence-corrected chi connectivity index (χ4v) is 3.20. The molecule has 1 heterocycles. The van der Waals surface area contributed by atoms with Crippen LogP contribution in [-0.2, 0) is 15.8 Å². The molecule has 0 spiro atoms. The number of hydrogen-bond donors (Lipinski definition) is 1. The van der Waals surface area contributed by atoms with E-state index in [1.165, 1.54) is 11.8 Å². The molecule has 1 aromatic carbocycles. The first kappa shape index (κ1) is 16.7. The summed E-state index contributed by atoms with van der Waals surface area (Å²) in [6, 6.07) is 9.60. The maximum Gasteiger partial charge on any atom is 0.217 e. The Kier molecular flexibility index (Phi) is 5.33. The first-order valence-electron chi connectivity index (χ1n) is 6.97. The minimum Gasteiger partial charge on any atom is -0.364 e. The van der Waals surface area contributed by atoms with Gasteiger partial charge in [0.25, 0.3) is 0 Å². The maximum atomic E-state index is 12.1. The Morgan fingerprint density at radius 3 is 2.45 bits per heavy atom. The standard InChI is InChI=1S/C15H21N3O3S/c1-12-4-6-13(7-5-12)15(18(2)3)10-16-22(19,20)11-14-8-9-21-17-14/h4-9,15-16H,10-11H2,1-3H3. The molecule has 0 aliphatic rings. The van der Waals surface area contributed by atoms with E-state index in [2.05, 4.69) is 14.4 Å². The molecule has 2 aromatic rings. The molecule has 0 bridgehead atoms. The molecule has 0 radical (unpaired) electrons. The van der Waals surface area contributed by atoms with Crippen LogP contribution in [0.25, 0.3) is 0 Å². The van der Waals surface area contributed by atoms with Crippen molar-refractivity contribution < 1.29 is 12.9 Å². The van der Waals surface area contributed by atoms with Gasteiger partial charge in [-0.15, -0.1) is 0 Å². The van der Waals surface area contributed by atoms with Crippen LogP contribution in [0.1, 0.15) is 22.9 Å². The van der Waals surface area contributed by atoms with Gasteiger partial charge in [0.1, 0.15) is 12.0 Å². The van der Waals surface area contributed by atoms with E-state index in [0.717, 1.165) is 5.56 Å². The van der Waals surface area contributed by atoms with Crippen molar-refractivity contribution in [2.75, 3.05) is 20.6 Å².